The molecule has 474 valence electrons. The van der Waals surface area contributed by atoms with E-state index in [1.165, 1.54) is 26.2 Å². The van der Waals surface area contributed by atoms with Crippen molar-refractivity contribution in [2.75, 3.05) is 101 Å². The summed E-state index contributed by atoms with van der Waals surface area (Å²) in [6.07, 6.45) is -11.0. The van der Waals surface area contributed by atoms with Crippen LogP contribution in [0.1, 0.15) is 33.4 Å². The summed E-state index contributed by atoms with van der Waals surface area (Å²) in [5.41, 5.74) is 1.47. The number of hydrogen-bond donors (Lipinski definition) is 3. The van der Waals surface area contributed by atoms with Crippen molar-refractivity contribution in [3.8, 4) is 17.2 Å². The van der Waals surface area contributed by atoms with E-state index in [9.17, 15) is 53.2 Å². The molecule has 0 aliphatic carbocycles. The topological polar surface area (TPSA) is 199 Å². The first-order chi connectivity index (χ1) is 41.5. The third-order valence-electron chi connectivity index (χ3n) is 13.4. The van der Waals surface area contributed by atoms with Crippen LogP contribution in [-0.4, -0.2) is 105 Å². The molecule has 0 unspecified atom stereocenters. The Hall–Kier alpha value is -7.91. The molecule has 0 radical (unpaired) electrons. The Labute approximate surface area is 513 Å². The lowest BCUT2D eigenvalue weighted by atomic mass is 9.99. The summed E-state index contributed by atoms with van der Waals surface area (Å²) < 4.78 is 172. The summed E-state index contributed by atoms with van der Waals surface area (Å²) in [5.74, 6) is 1.21. The molecule has 1 aliphatic rings. The van der Waals surface area contributed by atoms with E-state index in [-0.39, 0.29) is 42.6 Å². The number of ether oxygens (including phenoxy) is 3. The van der Waals surface area contributed by atoms with Gasteiger partial charge in [-0.3, -0.25) is 0 Å². The highest BCUT2D eigenvalue weighted by molar-refractivity contribution is 7.70. The van der Waals surface area contributed by atoms with Gasteiger partial charge in [-0.2, -0.15) is 49.5 Å². The number of hydrogen-bond acceptors (Lipinski definition) is 17. The van der Waals surface area contributed by atoms with E-state index < -0.39 is 61.8 Å². The Morgan fingerprint density at radius 3 is 1.39 bits per heavy atom. The van der Waals surface area contributed by atoms with E-state index in [4.69, 9.17) is 25.8 Å². The third kappa shape index (κ3) is 18.6. The zero-order valence-electron chi connectivity index (χ0n) is 49.6. The molecule has 17 nitrogen and oxygen atoms in total. The Kier molecular flexibility index (Phi) is 21.5. The van der Waals surface area contributed by atoms with Gasteiger partial charge >= 0.3 is 18.5 Å². The molecule has 5 aromatic carbocycles. The van der Waals surface area contributed by atoms with Gasteiger partial charge in [-0.25, -0.2) is 19.9 Å². The Bertz CT molecular complexity index is 3930. The molecule has 3 N–H and O–H groups in total. The lowest BCUT2D eigenvalue weighted by Crippen LogP contribution is -2.33. The summed E-state index contributed by atoms with van der Waals surface area (Å²) >= 11 is 5.52. The van der Waals surface area contributed by atoms with Crippen LogP contribution in [-0.2, 0) is 51.7 Å². The highest BCUT2D eigenvalue weighted by atomic mass is 35.5. The Balaban J connectivity index is 0.000000195. The molecule has 3 aromatic heterocycles. The number of alkyl halides is 9. The van der Waals surface area contributed by atoms with E-state index in [0.29, 0.717) is 75.0 Å². The van der Waals surface area contributed by atoms with Crippen LogP contribution in [0.3, 0.4) is 0 Å². The molecular formula is C59H62ClF9N11O6P3. The SMILES string of the molecule is COc1ccc(CN(C)c2nc(Nc3ccc(P(C)(C)=O)cc3)ncc2C(F)(F)F)cc1OC.COc1ccc2c(c1)CN(c1nc(Nc3ccc(P(C)(C)=O)cc3)ncc1C(F)(F)F)CC2.CP(C)(=O)c1ccc(Nc2ncc(C(F)(F)F)c(Cl)n2)cc1. The molecule has 30 heteroatoms. The number of nitrogens with zero attached hydrogens (tertiary/aromatic N) is 8. The summed E-state index contributed by atoms with van der Waals surface area (Å²) in [6.45, 7) is 10.8. The molecule has 89 heavy (non-hydrogen) atoms. The molecule has 0 saturated heterocycles. The summed E-state index contributed by atoms with van der Waals surface area (Å²) in [5, 5.41) is 10.0. The fraction of sp³-hybridized carbons (Fsp3) is 0.288. The minimum absolute atomic E-state index is 0.00564. The van der Waals surface area contributed by atoms with Crippen LogP contribution >= 0.6 is 33.0 Å². The van der Waals surface area contributed by atoms with Crippen molar-refractivity contribution < 1.29 is 67.4 Å². The maximum Gasteiger partial charge on any atom is 0.421 e. The van der Waals surface area contributed by atoms with Gasteiger partial charge in [-0.1, -0.05) is 23.7 Å². The molecule has 0 atom stereocenters. The molecule has 4 heterocycles. The first kappa shape index (κ1) is 68.6. The molecule has 1 aliphatic heterocycles. The van der Waals surface area contributed by atoms with Crippen LogP contribution in [0, 0.1) is 0 Å². The monoisotopic (exact) mass is 1320 g/mol. The van der Waals surface area contributed by atoms with Gasteiger partial charge < -0.3 is 53.7 Å². The summed E-state index contributed by atoms with van der Waals surface area (Å²) in [6, 6.07) is 31.0. The molecule has 0 amide bonds. The number of benzene rings is 5. The van der Waals surface area contributed by atoms with Crippen molar-refractivity contribution >= 4 is 95.5 Å². The zero-order chi connectivity index (χ0) is 65.4. The fourth-order valence-corrected chi connectivity index (χ4v) is 11.5. The number of fused-ring (bicyclic) bond motifs is 1. The van der Waals surface area contributed by atoms with Crippen molar-refractivity contribution in [3.63, 3.8) is 0 Å². The lowest BCUT2D eigenvalue weighted by molar-refractivity contribution is -0.138. The van der Waals surface area contributed by atoms with Gasteiger partial charge in [0, 0.05) is 78.2 Å². The third-order valence-corrected chi connectivity index (χ3v) is 18.3. The van der Waals surface area contributed by atoms with E-state index in [2.05, 4.69) is 45.9 Å². The van der Waals surface area contributed by atoms with E-state index >= 15 is 0 Å². The molecular weight excluding hydrogens is 1260 g/mol. The minimum atomic E-state index is -4.63. The van der Waals surface area contributed by atoms with Crippen LogP contribution in [0.4, 0.5) is 86.1 Å². The van der Waals surface area contributed by atoms with Gasteiger partial charge in [-0.15, -0.1) is 0 Å². The van der Waals surface area contributed by atoms with Crippen LogP contribution in [0.25, 0.3) is 0 Å². The first-order valence-electron chi connectivity index (χ1n) is 26.6. The smallest absolute Gasteiger partial charge is 0.421 e. The van der Waals surface area contributed by atoms with Gasteiger partial charge in [0.05, 0.1) is 21.3 Å². The van der Waals surface area contributed by atoms with Gasteiger partial charge in [-0.05, 0) is 160 Å². The fourth-order valence-electron chi connectivity index (χ4n) is 8.68. The molecule has 0 spiro atoms. The van der Waals surface area contributed by atoms with Crippen molar-refractivity contribution in [1.29, 1.82) is 0 Å². The summed E-state index contributed by atoms with van der Waals surface area (Å²) in [7, 11) is -1.11. The first-order valence-corrected chi connectivity index (χ1v) is 34.8. The average molecular weight is 1320 g/mol. The van der Waals surface area contributed by atoms with Crippen LogP contribution < -0.4 is 55.9 Å². The quantitative estimate of drug-likeness (QED) is 0.0468. The summed E-state index contributed by atoms with van der Waals surface area (Å²) in [4.78, 5) is 26.3. The maximum absolute atomic E-state index is 13.8. The minimum Gasteiger partial charge on any atom is -0.497 e. The van der Waals surface area contributed by atoms with E-state index in [1.807, 2.05) is 18.2 Å². The van der Waals surface area contributed by atoms with E-state index in [1.54, 1.807) is 143 Å². The predicted molar refractivity (Wildman–Crippen MR) is 332 cm³/mol. The van der Waals surface area contributed by atoms with Crippen LogP contribution in [0.5, 0.6) is 17.2 Å². The molecule has 0 fully saturated rings. The molecule has 0 saturated carbocycles. The van der Waals surface area contributed by atoms with Gasteiger partial charge in [0.1, 0.15) is 60.7 Å². The second kappa shape index (κ2) is 27.9. The Morgan fingerprint density at radius 1 is 0.528 bits per heavy atom. The number of nitrogens with one attached hydrogen (secondary N) is 3. The lowest BCUT2D eigenvalue weighted by Gasteiger charge is -2.31. The number of rotatable bonds is 16. The van der Waals surface area contributed by atoms with Crippen molar-refractivity contribution in [2.45, 2.75) is 38.0 Å². The van der Waals surface area contributed by atoms with Crippen LogP contribution in [0.15, 0.2) is 128 Å². The second-order valence-corrected chi connectivity index (χ2v) is 31.2. The normalized spacial score (nSPS) is 12.7. The predicted octanol–water partition coefficient (Wildman–Crippen LogP) is 14.3. The van der Waals surface area contributed by atoms with E-state index in [0.717, 1.165) is 23.5 Å². The highest BCUT2D eigenvalue weighted by Gasteiger charge is 2.39. The van der Waals surface area contributed by atoms with Crippen molar-refractivity contribution in [1.82, 2.24) is 29.9 Å². The number of halogens is 10. The standard InChI is InChI=1S/C23H26F3N4O3P.C23H24F3N4O2P.C13H12ClF3N3OP/c1-30(14-15-6-11-19(32-2)20(12-15)33-3)21-18(23(24,25)26)13-27-22(29-21)28-16-7-9-17(10-8-16)34(4,5)31;1-32-18-7-4-15-10-11-30(14-16(15)12-18)21-20(23(24,25)26)13-27-22(29-21)28-17-5-8-19(9-6-17)33(2,3)31;1-22(2,21)9-5-3-8(4-6-9)19-12-18-7-10(11(14)20-12)13(15,16)17/h6-13H,14H2,1-5H3,(H,27,28,29);4-9,12-13H,10-11,14H2,1-3H3,(H,27,28,29);3-7H,1-2H3,(H,18,19,20). The van der Waals surface area contributed by atoms with Crippen molar-refractivity contribution in [3.05, 3.63) is 166 Å². The van der Waals surface area contributed by atoms with Gasteiger partial charge in [0.25, 0.3) is 0 Å². The maximum atomic E-state index is 13.8. The zero-order valence-corrected chi connectivity index (χ0v) is 53.0. The number of aromatic nitrogens is 6. The van der Waals surface area contributed by atoms with Gasteiger partial charge in [0.2, 0.25) is 17.8 Å². The number of anilines is 8. The highest BCUT2D eigenvalue weighted by Crippen LogP contribution is 2.42. The van der Waals surface area contributed by atoms with Crippen molar-refractivity contribution in [2.24, 2.45) is 0 Å². The average Bonchev–Trinajstić information content (AvgIpc) is 2.38. The molecule has 8 aromatic rings. The Morgan fingerprint density at radius 2 is 0.966 bits per heavy atom. The second-order valence-electron chi connectivity index (χ2n) is 21.2. The van der Waals surface area contributed by atoms with Crippen LogP contribution in [0.2, 0.25) is 5.15 Å². The van der Waals surface area contributed by atoms with Gasteiger partial charge in [0.15, 0.2) is 11.5 Å². The molecule has 9 rings (SSSR count). The molecule has 0 bridgehead atoms. The number of methoxy groups -OCH3 is 3. The largest absolute Gasteiger partial charge is 0.497 e.